The molecular weight excluding hydrogens is 264 g/mol. The standard InChI is InChI=1S/C17H28O2Si/c1-6-20(7-2,8-3)19-16(18)17(4,5)14-15-12-10-9-11-13-15/h9-13H,6-8,14H2,1-5H3. The van der Waals surface area contributed by atoms with E-state index in [1.54, 1.807) is 0 Å². The molecule has 0 aliphatic carbocycles. The minimum Gasteiger partial charge on any atom is -0.519 e. The largest absolute Gasteiger partial charge is 0.519 e. The molecule has 3 heteroatoms. The first-order chi connectivity index (χ1) is 9.39. The van der Waals surface area contributed by atoms with Crippen LogP contribution in [0.15, 0.2) is 30.3 Å². The Labute approximate surface area is 124 Å². The van der Waals surface area contributed by atoms with E-state index in [2.05, 4.69) is 32.9 Å². The third-order valence-electron chi connectivity index (χ3n) is 4.28. The molecule has 0 aromatic heterocycles. The molecule has 0 spiro atoms. The van der Waals surface area contributed by atoms with Gasteiger partial charge in [-0.2, -0.15) is 0 Å². The first-order valence-corrected chi connectivity index (χ1v) is 10.2. The maximum Gasteiger partial charge on any atom is 0.298 e. The molecule has 20 heavy (non-hydrogen) atoms. The van der Waals surface area contributed by atoms with Crippen molar-refractivity contribution < 1.29 is 9.22 Å². The lowest BCUT2D eigenvalue weighted by molar-refractivity contribution is -0.145. The van der Waals surface area contributed by atoms with E-state index in [9.17, 15) is 4.79 Å². The molecular formula is C17H28O2Si. The summed E-state index contributed by atoms with van der Waals surface area (Å²) in [7, 11) is -1.86. The molecule has 1 rings (SSSR count). The van der Waals surface area contributed by atoms with E-state index in [0.29, 0.717) is 0 Å². The molecule has 0 aliphatic rings. The van der Waals surface area contributed by atoms with Crippen LogP contribution in [0.4, 0.5) is 0 Å². The summed E-state index contributed by atoms with van der Waals surface area (Å²) in [5.74, 6) is -0.0291. The normalized spacial score (nSPS) is 12.2. The summed E-state index contributed by atoms with van der Waals surface area (Å²) in [6.07, 6.45) is 0.730. The zero-order valence-corrected chi connectivity index (χ0v) is 14.5. The van der Waals surface area contributed by atoms with Crippen molar-refractivity contribution in [2.75, 3.05) is 0 Å². The van der Waals surface area contributed by atoms with Gasteiger partial charge in [0.2, 0.25) is 0 Å². The van der Waals surface area contributed by atoms with E-state index in [0.717, 1.165) is 24.6 Å². The molecule has 0 aliphatic heterocycles. The molecule has 0 fully saturated rings. The van der Waals surface area contributed by atoms with Gasteiger partial charge in [-0.05, 0) is 44.0 Å². The van der Waals surface area contributed by atoms with E-state index < -0.39 is 13.7 Å². The van der Waals surface area contributed by atoms with Crippen LogP contribution < -0.4 is 0 Å². The minimum absolute atomic E-state index is 0.0291. The second kappa shape index (κ2) is 7.07. The molecule has 0 N–H and O–H groups in total. The summed E-state index contributed by atoms with van der Waals surface area (Å²) in [5.41, 5.74) is 0.727. The molecule has 0 saturated carbocycles. The third kappa shape index (κ3) is 4.20. The molecule has 112 valence electrons. The van der Waals surface area contributed by atoms with Crippen molar-refractivity contribution in [2.24, 2.45) is 5.41 Å². The Hall–Kier alpha value is -1.09. The van der Waals surface area contributed by atoms with Crippen LogP contribution in [-0.4, -0.2) is 14.3 Å². The van der Waals surface area contributed by atoms with Crippen LogP contribution in [0.3, 0.4) is 0 Å². The van der Waals surface area contributed by atoms with Crippen LogP contribution in [0.2, 0.25) is 18.1 Å². The predicted molar refractivity (Wildman–Crippen MR) is 87.2 cm³/mol. The van der Waals surface area contributed by atoms with E-state index in [1.807, 2.05) is 32.0 Å². The Morgan fingerprint density at radius 2 is 1.55 bits per heavy atom. The summed E-state index contributed by atoms with van der Waals surface area (Å²) in [6, 6.07) is 13.2. The van der Waals surface area contributed by atoms with Gasteiger partial charge in [0.1, 0.15) is 0 Å². The SMILES string of the molecule is CC[Si](CC)(CC)OC(=O)C(C)(C)Cc1ccccc1. The van der Waals surface area contributed by atoms with Crippen LogP contribution >= 0.6 is 0 Å². The molecule has 1 aromatic rings. The lowest BCUT2D eigenvalue weighted by atomic mass is 9.86. The second-order valence-electron chi connectivity index (χ2n) is 6.18. The molecule has 0 heterocycles. The average molecular weight is 292 g/mol. The van der Waals surface area contributed by atoms with Crippen molar-refractivity contribution in [2.45, 2.75) is 59.2 Å². The highest BCUT2D eigenvalue weighted by molar-refractivity contribution is 6.75. The Balaban J connectivity index is 2.79. The molecule has 0 unspecified atom stereocenters. The maximum atomic E-state index is 12.6. The van der Waals surface area contributed by atoms with Gasteiger partial charge in [-0.15, -0.1) is 0 Å². The summed E-state index contributed by atoms with van der Waals surface area (Å²) in [6.45, 7) is 10.4. The quantitative estimate of drug-likeness (QED) is 0.674. The fraction of sp³-hybridized carbons (Fsp3) is 0.588. The van der Waals surface area contributed by atoms with Gasteiger partial charge in [-0.25, -0.2) is 0 Å². The van der Waals surface area contributed by atoms with Gasteiger partial charge in [0.15, 0.2) is 0 Å². The van der Waals surface area contributed by atoms with Gasteiger partial charge < -0.3 is 4.43 Å². The highest BCUT2D eigenvalue weighted by Crippen LogP contribution is 2.29. The number of hydrogen-bond acceptors (Lipinski definition) is 2. The summed E-state index contributed by atoms with van der Waals surface area (Å²) in [5, 5.41) is 0. The highest BCUT2D eigenvalue weighted by Gasteiger charge is 2.38. The van der Waals surface area contributed by atoms with Gasteiger partial charge in [-0.1, -0.05) is 51.1 Å². The van der Waals surface area contributed by atoms with Gasteiger partial charge >= 0.3 is 0 Å². The van der Waals surface area contributed by atoms with Crippen LogP contribution in [-0.2, 0) is 15.6 Å². The third-order valence-corrected chi connectivity index (χ3v) is 8.77. The predicted octanol–water partition coefficient (Wildman–Crippen LogP) is 4.80. The van der Waals surface area contributed by atoms with E-state index in [4.69, 9.17) is 4.43 Å². The zero-order valence-electron chi connectivity index (χ0n) is 13.5. The first-order valence-electron chi connectivity index (χ1n) is 7.66. The molecule has 0 saturated heterocycles. The van der Waals surface area contributed by atoms with Gasteiger partial charge in [0, 0.05) is 0 Å². The highest BCUT2D eigenvalue weighted by atomic mass is 28.4. The van der Waals surface area contributed by atoms with Gasteiger partial charge in [0.05, 0.1) is 5.41 Å². The van der Waals surface area contributed by atoms with Gasteiger partial charge in [-0.3, -0.25) is 4.79 Å². The number of benzene rings is 1. The smallest absolute Gasteiger partial charge is 0.298 e. The van der Waals surface area contributed by atoms with Crippen LogP contribution in [0.25, 0.3) is 0 Å². The number of carbonyl (C=O) groups is 1. The minimum atomic E-state index is -1.86. The van der Waals surface area contributed by atoms with Crippen LogP contribution in [0.5, 0.6) is 0 Å². The molecule has 2 nitrogen and oxygen atoms in total. The molecule has 0 atom stereocenters. The van der Waals surface area contributed by atoms with Crippen molar-refractivity contribution in [1.82, 2.24) is 0 Å². The lowest BCUT2D eigenvalue weighted by Crippen LogP contribution is -2.43. The average Bonchev–Trinajstić information content (AvgIpc) is 2.45. The van der Waals surface area contributed by atoms with E-state index in [1.165, 1.54) is 5.56 Å². The van der Waals surface area contributed by atoms with Gasteiger partial charge in [0.25, 0.3) is 14.3 Å². The summed E-state index contributed by atoms with van der Waals surface area (Å²) < 4.78 is 6.02. The second-order valence-corrected chi connectivity index (χ2v) is 10.9. The lowest BCUT2D eigenvalue weighted by Gasteiger charge is -2.33. The number of rotatable bonds is 7. The van der Waals surface area contributed by atoms with Crippen molar-refractivity contribution >= 4 is 14.3 Å². The number of hydrogen-bond donors (Lipinski definition) is 0. The fourth-order valence-electron chi connectivity index (χ4n) is 2.48. The number of carbonyl (C=O) groups excluding carboxylic acids is 1. The molecule has 1 aromatic carbocycles. The molecule has 0 radical (unpaired) electrons. The molecule has 0 amide bonds. The van der Waals surface area contributed by atoms with Crippen LogP contribution in [0, 0.1) is 5.41 Å². The van der Waals surface area contributed by atoms with E-state index in [-0.39, 0.29) is 5.97 Å². The molecule has 0 bridgehead atoms. The summed E-state index contributed by atoms with van der Waals surface area (Å²) in [4.78, 5) is 12.6. The van der Waals surface area contributed by atoms with Crippen LogP contribution in [0.1, 0.15) is 40.2 Å². The van der Waals surface area contributed by atoms with Crippen molar-refractivity contribution in [3.05, 3.63) is 35.9 Å². The van der Waals surface area contributed by atoms with Crippen molar-refractivity contribution in [3.8, 4) is 0 Å². The Kier molecular flexibility index (Phi) is 6.00. The Bertz CT molecular complexity index is 414. The Morgan fingerprint density at radius 3 is 2.00 bits per heavy atom. The fourth-order valence-corrected chi connectivity index (χ4v) is 5.08. The summed E-state index contributed by atoms with van der Waals surface area (Å²) >= 11 is 0. The Morgan fingerprint density at radius 1 is 1.05 bits per heavy atom. The van der Waals surface area contributed by atoms with Crippen molar-refractivity contribution in [3.63, 3.8) is 0 Å². The van der Waals surface area contributed by atoms with E-state index >= 15 is 0 Å². The monoisotopic (exact) mass is 292 g/mol. The first kappa shape index (κ1) is 17.0. The topological polar surface area (TPSA) is 26.3 Å². The van der Waals surface area contributed by atoms with Crippen molar-refractivity contribution in [1.29, 1.82) is 0 Å². The maximum absolute atomic E-state index is 12.6. The zero-order chi connectivity index (χ0) is 15.2.